The lowest BCUT2D eigenvalue weighted by molar-refractivity contribution is 0.632. The Balaban J connectivity index is 2.32. The van der Waals surface area contributed by atoms with E-state index in [2.05, 4.69) is 18.8 Å². The van der Waals surface area contributed by atoms with E-state index in [4.69, 9.17) is 4.98 Å². The van der Waals surface area contributed by atoms with Crippen LogP contribution in [0.15, 0.2) is 34.2 Å². The number of hydrogen-bond donors (Lipinski definition) is 1. The highest BCUT2D eigenvalue weighted by Gasteiger charge is 2.16. The van der Waals surface area contributed by atoms with Gasteiger partial charge in [-0.05, 0) is 19.4 Å². The molecule has 2 heterocycles. The van der Waals surface area contributed by atoms with Crippen molar-refractivity contribution in [2.24, 2.45) is 0 Å². The first-order valence-electron chi connectivity index (χ1n) is 7.33. The van der Waals surface area contributed by atoms with Crippen LogP contribution < -0.4 is 5.56 Å². The normalized spacial score (nSPS) is 13.1. The number of benzene rings is 1. The molecule has 0 aliphatic carbocycles. The van der Waals surface area contributed by atoms with Crippen molar-refractivity contribution in [2.45, 2.75) is 44.1 Å². The summed E-state index contributed by atoms with van der Waals surface area (Å²) in [6.45, 7) is 6.93. The van der Waals surface area contributed by atoms with Crippen molar-refractivity contribution in [3.05, 3.63) is 34.6 Å². The molecule has 0 aliphatic rings. The van der Waals surface area contributed by atoms with Gasteiger partial charge in [0, 0.05) is 22.7 Å². The Morgan fingerprint density at radius 2 is 2.10 bits per heavy atom. The first-order valence-corrected chi connectivity index (χ1v) is 8.21. The molecule has 0 unspecified atom stereocenters. The first-order chi connectivity index (χ1) is 10.2. The molecule has 3 aromatic rings. The molecular weight excluding hydrogens is 282 g/mol. The monoisotopic (exact) mass is 301 g/mol. The predicted octanol–water partition coefficient (Wildman–Crippen LogP) is 3.79. The lowest BCUT2D eigenvalue weighted by Crippen LogP contribution is -2.23. The molecule has 0 saturated heterocycles. The molecule has 3 rings (SSSR count). The predicted molar refractivity (Wildman–Crippen MR) is 89.1 cm³/mol. The SMILES string of the molecule is CC[C@H](C)Sc1nc2c([nH]c3ccccc32)c(=O)n1CC. The maximum Gasteiger partial charge on any atom is 0.278 e. The van der Waals surface area contributed by atoms with Gasteiger partial charge in [-0.1, -0.05) is 43.8 Å². The van der Waals surface area contributed by atoms with E-state index in [9.17, 15) is 4.79 Å². The van der Waals surface area contributed by atoms with E-state index in [-0.39, 0.29) is 5.56 Å². The maximum absolute atomic E-state index is 12.7. The summed E-state index contributed by atoms with van der Waals surface area (Å²) >= 11 is 1.67. The van der Waals surface area contributed by atoms with Gasteiger partial charge in [-0.3, -0.25) is 9.36 Å². The highest BCUT2D eigenvalue weighted by atomic mass is 32.2. The fraction of sp³-hybridized carbons (Fsp3) is 0.375. The third kappa shape index (κ3) is 2.35. The Morgan fingerprint density at radius 3 is 2.81 bits per heavy atom. The highest BCUT2D eigenvalue weighted by molar-refractivity contribution is 7.99. The van der Waals surface area contributed by atoms with Gasteiger partial charge >= 0.3 is 0 Å². The van der Waals surface area contributed by atoms with Crippen LogP contribution in [0.3, 0.4) is 0 Å². The zero-order valence-corrected chi connectivity index (χ0v) is 13.3. The second-order valence-corrected chi connectivity index (χ2v) is 6.58. The van der Waals surface area contributed by atoms with E-state index < -0.39 is 0 Å². The van der Waals surface area contributed by atoms with Crippen LogP contribution in [0.4, 0.5) is 0 Å². The van der Waals surface area contributed by atoms with Crippen molar-refractivity contribution in [2.75, 3.05) is 0 Å². The Hall–Kier alpha value is -1.75. The van der Waals surface area contributed by atoms with E-state index in [1.165, 1.54) is 0 Å². The van der Waals surface area contributed by atoms with Crippen LogP contribution in [-0.2, 0) is 6.54 Å². The van der Waals surface area contributed by atoms with Crippen molar-refractivity contribution >= 4 is 33.7 Å². The Kier molecular flexibility index (Phi) is 3.76. The molecule has 21 heavy (non-hydrogen) atoms. The summed E-state index contributed by atoms with van der Waals surface area (Å²) in [5.41, 5.74) is 2.37. The average molecular weight is 301 g/mol. The second-order valence-electron chi connectivity index (χ2n) is 5.17. The van der Waals surface area contributed by atoms with Gasteiger partial charge in [-0.15, -0.1) is 0 Å². The minimum absolute atomic E-state index is 0.0181. The summed E-state index contributed by atoms with van der Waals surface area (Å²) in [6.07, 6.45) is 1.05. The molecule has 0 fully saturated rings. The molecule has 1 N–H and O–H groups in total. The minimum Gasteiger partial charge on any atom is -0.349 e. The van der Waals surface area contributed by atoms with Crippen LogP contribution in [0.1, 0.15) is 27.2 Å². The number of H-pyrrole nitrogens is 1. The molecule has 110 valence electrons. The van der Waals surface area contributed by atoms with Crippen molar-refractivity contribution in [3.8, 4) is 0 Å². The summed E-state index contributed by atoms with van der Waals surface area (Å²) in [5, 5.41) is 2.27. The van der Waals surface area contributed by atoms with Gasteiger partial charge in [-0.2, -0.15) is 0 Å². The zero-order chi connectivity index (χ0) is 15.0. The molecule has 0 saturated carbocycles. The largest absolute Gasteiger partial charge is 0.349 e. The number of thioether (sulfide) groups is 1. The van der Waals surface area contributed by atoms with Gasteiger partial charge in [0.15, 0.2) is 5.16 Å². The summed E-state index contributed by atoms with van der Waals surface area (Å²) in [7, 11) is 0. The smallest absolute Gasteiger partial charge is 0.278 e. The van der Waals surface area contributed by atoms with E-state index in [0.717, 1.165) is 28.0 Å². The second kappa shape index (κ2) is 5.56. The van der Waals surface area contributed by atoms with E-state index in [1.54, 1.807) is 16.3 Å². The molecule has 4 nitrogen and oxygen atoms in total. The number of aromatic amines is 1. The lowest BCUT2D eigenvalue weighted by Gasteiger charge is -2.12. The van der Waals surface area contributed by atoms with Crippen LogP contribution >= 0.6 is 11.8 Å². The molecular formula is C16H19N3OS. The van der Waals surface area contributed by atoms with Crippen LogP contribution in [0.25, 0.3) is 21.9 Å². The Labute approximate surface area is 127 Å². The van der Waals surface area contributed by atoms with Crippen LogP contribution in [-0.4, -0.2) is 19.8 Å². The fourth-order valence-corrected chi connectivity index (χ4v) is 3.42. The van der Waals surface area contributed by atoms with E-state index >= 15 is 0 Å². The zero-order valence-electron chi connectivity index (χ0n) is 12.5. The van der Waals surface area contributed by atoms with Gasteiger partial charge < -0.3 is 4.98 Å². The number of nitrogens with zero attached hydrogens (tertiary/aromatic N) is 2. The molecule has 0 amide bonds. The third-order valence-electron chi connectivity index (χ3n) is 3.77. The molecule has 0 spiro atoms. The van der Waals surface area contributed by atoms with Crippen molar-refractivity contribution in [1.82, 2.24) is 14.5 Å². The minimum atomic E-state index is 0.0181. The van der Waals surface area contributed by atoms with Gasteiger partial charge in [0.1, 0.15) is 11.0 Å². The summed E-state index contributed by atoms with van der Waals surface area (Å²) in [5.74, 6) is 0. The summed E-state index contributed by atoms with van der Waals surface area (Å²) in [4.78, 5) is 20.7. The molecule has 0 aliphatic heterocycles. The maximum atomic E-state index is 12.7. The van der Waals surface area contributed by atoms with Gasteiger partial charge in [0.05, 0.1) is 0 Å². The number of nitrogens with one attached hydrogen (secondary N) is 1. The van der Waals surface area contributed by atoms with Crippen LogP contribution in [0.5, 0.6) is 0 Å². The van der Waals surface area contributed by atoms with Crippen molar-refractivity contribution in [1.29, 1.82) is 0 Å². The lowest BCUT2D eigenvalue weighted by atomic mass is 10.2. The molecule has 2 aromatic heterocycles. The highest BCUT2D eigenvalue weighted by Crippen LogP contribution is 2.27. The average Bonchev–Trinajstić information content (AvgIpc) is 2.87. The quantitative estimate of drug-likeness (QED) is 0.589. The van der Waals surface area contributed by atoms with Gasteiger partial charge in [-0.25, -0.2) is 4.98 Å². The summed E-state index contributed by atoms with van der Waals surface area (Å²) < 4.78 is 1.76. The van der Waals surface area contributed by atoms with E-state index in [1.807, 2.05) is 31.2 Å². The number of hydrogen-bond acceptors (Lipinski definition) is 3. The number of fused-ring (bicyclic) bond motifs is 3. The van der Waals surface area contributed by atoms with Crippen molar-refractivity contribution < 1.29 is 0 Å². The molecule has 1 atom stereocenters. The Morgan fingerprint density at radius 1 is 1.33 bits per heavy atom. The van der Waals surface area contributed by atoms with Gasteiger partial charge in [0.25, 0.3) is 5.56 Å². The fourth-order valence-electron chi connectivity index (χ4n) is 2.41. The first kappa shape index (κ1) is 14.2. The molecule has 1 aromatic carbocycles. The standard InChI is InChI=1S/C16H19N3OS/c1-4-10(3)21-16-18-13-11-8-6-7-9-12(11)17-14(13)15(20)19(16)5-2/h6-10,17H,4-5H2,1-3H3/t10-/m0/s1. The molecule has 0 radical (unpaired) electrons. The van der Waals surface area contributed by atoms with Crippen LogP contribution in [0.2, 0.25) is 0 Å². The number of rotatable bonds is 4. The van der Waals surface area contributed by atoms with Gasteiger partial charge in [0.2, 0.25) is 0 Å². The molecule has 5 heteroatoms. The van der Waals surface area contributed by atoms with Crippen LogP contribution in [0, 0.1) is 0 Å². The third-order valence-corrected chi connectivity index (χ3v) is 5.03. The van der Waals surface area contributed by atoms with E-state index in [0.29, 0.717) is 17.3 Å². The number of para-hydroxylation sites is 1. The molecule has 0 bridgehead atoms. The topological polar surface area (TPSA) is 50.7 Å². The van der Waals surface area contributed by atoms with Crippen molar-refractivity contribution in [3.63, 3.8) is 0 Å². The Bertz CT molecular complexity index is 850. The summed E-state index contributed by atoms with van der Waals surface area (Å²) in [6, 6.07) is 7.93. The number of aromatic nitrogens is 3.